The minimum Gasteiger partial charge on any atom is -0.465 e. The van der Waals surface area contributed by atoms with Crippen molar-refractivity contribution in [2.45, 2.75) is 23.8 Å². The number of aryl methyl sites for hydroxylation is 1. The molecule has 2 aromatic heterocycles. The number of esters is 1. The molecular formula is C15H18N2O4S2. The number of nitrogens with zero attached hydrogens (tertiary/aromatic N) is 2. The fourth-order valence-electron chi connectivity index (χ4n) is 3.01. The number of aromatic nitrogens is 1. The molecule has 1 atom stereocenters. The van der Waals surface area contributed by atoms with E-state index >= 15 is 0 Å². The number of ether oxygens (including phenoxy) is 1. The first-order valence-electron chi connectivity index (χ1n) is 7.25. The third kappa shape index (κ3) is 2.71. The predicted molar refractivity (Wildman–Crippen MR) is 86.9 cm³/mol. The van der Waals surface area contributed by atoms with Crippen LogP contribution in [0.1, 0.15) is 34.2 Å². The van der Waals surface area contributed by atoms with Crippen molar-refractivity contribution < 1.29 is 17.9 Å². The molecule has 0 amide bonds. The molecule has 1 saturated heterocycles. The second kappa shape index (κ2) is 6.10. The van der Waals surface area contributed by atoms with E-state index in [4.69, 9.17) is 4.74 Å². The van der Waals surface area contributed by atoms with Crippen LogP contribution in [0.25, 0.3) is 0 Å². The van der Waals surface area contributed by atoms with Gasteiger partial charge in [0.1, 0.15) is 9.77 Å². The fraction of sp³-hybridized carbons (Fsp3) is 0.400. The molecule has 0 saturated carbocycles. The number of hydrogen-bond acceptors (Lipinski definition) is 5. The third-order valence-corrected chi connectivity index (χ3v) is 7.09. The van der Waals surface area contributed by atoms with Crippen molar-refractivity contribution in [1.82, 2.24) is 8.87 Å². The fourth-order valence-corrected chi connectivity index (χ4v) is 5.99. The Morgan fingerprint density at radius 3 is 2.83 bits per heavy atom. The Labute approximate surface area is 139 Å². The van der Waals surface area contributed by atoms with E-state index in [-0.39, 0.29) is 15.8 Å². The molecule has 2 aromatic rings. The van der Waals surface area contributed by atoms with E-state index in [9.17, 15) is 13.2 Å². The first-order valence-corrected chi connectivity index (χ1v) is 9.57. The Balaban J connectivity index is 2.01. The summed E-state index contributed by atoms with van der Waals surface area (Å²) in [6.07, 6.45) is 3.48. The molecule has 0 bridgehead atoms. The van der Waals surface area contributed by atoms with Gasteiger partial charge >= 0.3 is 5.97 Å². The second-order valence-corrected chi connectivity index (χ2v) is 8.20. The van der Waals surface area contributed by atoms with Gasteiger partial charge in [0.2, 0.25) is 10.0 Å². The standard InChI is InChI=1S/C15H18N2O4S2/c1-16-8-3-5-11(16)12-6-4-9-17(12)23(19,20)13-7-10-22-14(13)15(18)21-2/h3,5,7-8,10,12H,4,6,9H2,1-2H3/t12-/m1/s1. The van der Waals surface area contributed by atoms with Gasteiger partial charge in [-0.3, -0.25) is 0 Å². The summed E-state index contributed by atoms with van der Waals surface area (Å²) in [5.74, 6) is -0.617. The van der Waals surface area contributed by atoms with Crippen LogP contribution < -0.4 is 0 Å². The zero-order valence-electron chi connectivity index (χ0n) is 12.9. The average Bonchev–Trinajstić information content (AvgIpc) is 3.25. The Morgan fingerprint density at radius 2 is 2.17 bits per heavy atom. The molecule has 0 aromatic carbocycles. The van der Waals surface area contributed by atoms with E-state index in [2.05, 4.69) is 0 Å². The van der Waals surface area contributed by atoms with Gasteiger partial charge in [0, 0.05) is 25.5 Å². The smallest absolute Gasteiger partial charge is 0.349 e. The largest absolute Gasteiger partial charge is 0.465 e. The van der Waals surface area contributed by atoms with Crippen LogP contribution in [0.3, 0.4) is 0 Å². The number of thiophene rings is 1. The maximum atomic E-state index is 13.1. The first-order chi connectivity index (χ1) is 11.0. The van der Waals surface area contributed by atoms with Crippen molar-refractivity contribution in [3.8, 4) is 0 Å². The summed E-state index contributed by atoms with van der Waals surface area (Å²) in [5.41, 5.74) is 0.959. The Hall–Kier alpha value is -1.64. The Kier molecular flexibility index (Phi) is 4.31. The van der Waals surface area contributed by atoms with Crippen molar-refractivity contribution in [3.05, 3.63) is 40.3 Å². The van der Waals surface area contributed by atoms with Gasteiger partial charge in [-0.15, -0.1) is 11.3 Å². The van der Waals surface area contributed by atoms with E-state index < -0.39 is 16.0 Å². The van der Waals surface area contributed by atoms with Crippen LogP contribution in [0.4, 0.5) is 0 Å². The first kappa shape index (κ1) is 16.2. The van der Waals surface area contributed by atoms with E-state index in [0.29, 0.717) is 6.54 Å². The topological polar surface area (TPSA) is 68.6 Å². The molecule has 0 aliphatic carbocycles. The molecular weight excluding hydrogens is 336 g/mol. The second-order valence-electron chi connectivity index (χ2n) is 5.42. The number of carbonyl (C=O) groups is 1. The van der Waals surface area contributed by atoms with Gasteiger partial charge in [0.15, 0.2) is 0 Å². The quantitative estimate of drug-likeness (QED) is 0.791. The normalized spacial score (nSPS) is 19.1. The number of rotatable bonds is 4. The highest BCUT2D eigenvalue weighted by Gasteiger charge is 2.39. The zero-order valence-corrected chi connectivity index (χ0v) is 14.6. The number of sulfonamides is 1. The monoisotopic (exact) mass is 354 g/mol. The van der Waals surface area contributed by atoms with Crippen molar-refractivity contribution in [2.75, 3.05) is 13.7 Å². The molecule has 0 radical (unpaired) electrons. The maximum Gasteiger partial charge on any atom is 0.349 e. The minimum absolute atomic E-state index is 0.0375. The number of methoxy groups -OCH3 is 1. The van der Waals surface area contributed by atoms with Crippen LogP contribution in [0.5, 0.6) is 0 Å². The summed E-state index contributed by atoms with van der Waals surface area (Å²) in [5, 5.41) is 1.60. The van der Waals surface area contributed by atoms with Gasteiger partial charge < -0.3 is 9.30 Å². The molecule has 1 fully saturated rings. The molecule has 8 heteroatoms. The van der Waals surface area contributed by atoms with E-state index in [1.54, 1.807) is 5.38 Å². The Morgan fingerprint density at radius 1 is 1.39 bits per heavy atom. The summed E-state index contributed by atoms with van der Waals surface area (Å²) in [6.45, 7) is 0.453. The van der Waals surface area contributed by atoms with E-state index in [0.717, 1.165) is 29.9 Å². The SMILES string of the molecule is COC(=O)c1sccc1S(=O)(=O)N1CCC[C@@H]1c1cccn1C. The van der Waals surface area contributed by atoms with Gasteiger partial charge in [-0.2, -0.15) is 4.31 Å². The lowest BCUT2D eigenvalue weighted by Crippen LogP contribution is -2.32. The summed E-state index contributed by atoms with van der Waals surface area (Å²) >= 11 is 1.08. The highest BCUT2D eigenvalue weighted by molar-refractivity contribution is 7.89. The minimum atomic E-state index is -3.74. The number of carbonyl (C=O) groups excluding carboxylic acids is 1. The summed E-state index contributed by atoms with van der Waals surface area (Å²) in [7, 11) is -0.587. The van der Waals surface area contributed by atoms with Crippen LogP contribution in [0.2, 0.25) is 0 Å². The third-order valence-electron chi connectivity index (χ3n) is 4.12. The van der Waals surface area contributed by atoms with Crippen LogP contribution in [0, 0.1) is 0 Å². The lowest BCUT2D eigenvalue weighted by atomic mass is 10.1. The van der Waals surface area contributed by atoms with Gasteiger partial charge in [-0.1, -0.05) is 0 Å². The lowest BCUT2D eigenvalue weighted by molar-refractivity contribution is 0.0602. The van der Waals surface area contributed by atoms with Crippen molar-refractivity contribution in [1.29, 1.82) is 0 Å². The molecule has 3 rings (SSSR count). The van der Waals surface area contributed by atoms with Crippen molar-refractivity contribution >= 4 is 27.3 Å². The van der Waals surface area contributed by atoms with Crippen LogP contribution >= 0.6 is 11.3 Å². The summed E-state index contributed by atoms with van der Waals surface area (Å²) < 4.78 is 34.3. The molecule has 0 spiro atoms. The van der Waals surface area contributed by atoms with Crippen molar-refractivity contribution in [2.24, 2.45) is 7.05 Å². The van der Waals surface area contributed by atoms with E-state index in [1.165, 1.54) is 17.5 Å². The van der Waals surface area contributed by atoms with Crippen LogP contribution in [-0.4, -0.2) is 36.9 Å². The average molecular weight is 354 g/mol. The Bertz CT molecular complexity index is 822. The van der Waals surface area contributed by atoms with E-state index in [1.807, 2.05) is 29.9 Å². The molecule has 6 nitrogen and oxygen atoms in total. The van der Waals surface area contributed by atoms with Gasteiger partial charge in [-0.25, -0.2) is 13.2 Å². The molecule has 3 heterocycles. The zero-order chi connectivity index (χ0) is 16.6. The highest BCUT2D eigenvalue weighted by atomic mass is 32.2. The van der Waals surface area contributed by atoms with Gasteiger partial charge in [-0.05, 0) is 36.4 Å². The molecule has 0 unspecified atom stereocenters. The lowest BCUT2D eigenvalue weighted by Gasteiger charge is -2.24. The maximum absolute atomic E-state index is 13.1. The molecule has 0 N–H and O–H groups in total. The van der Waals surface area contributed by atoms with Crippen molar-refractivity contribution in [3.63, 3.8) is 0 Å². The van der Waals surface area contributed by atoms with Gasteiger partial charge in [0.25, 0.3) is 0 Å². The van der Waals surface area contributed by atoms with Crippen LogP contribution in [-0.2, 0) is 21.8 Å². The number of hydrogen-bond donors (Lipinski definition) is 0. The molecule has 1 aliphatic heterocycles. The summed E-state index contributed by atoms with van der Waals surface area (Å²) in [6, 6.07) is 5.12. The molecule has 124 valence electrons. The molecule has 1 aliphatic rings. The summed E-state index contributed by atoms with van der Waals surface area (Å²) in [4.78, 5) is 12.0. The predicted octanol–water partition coefficient (Wildman–Crippen LogP) is 2.40. The molecule has 23 heavy (non-hydrogen) atoms. The van der Waals surface area contributed by atoms with Crippen LogP contribution in [0.15, 0.2) is 34.7 Å². The van der Waals surface area contributed by atoms with Gasteiger partial charge in [0.05, 0.1) is 13.2 Å². The highest BCUT2D eigenvalue weighted by Crippen LogP contribution is 2.38.